The van der Waals surface area contributed by atoms with E-state index in [1.807, 2.05) is 0 Å². The molecule has 0 spiro atoms. The zero-order valence-electron chi connectivity index (χ0n) is 16.4. The van der Waals surface area contributed by atoms with Crippen LogP contribution < -0.4 is 0 Å². The largest absolute Gasteiger partial charge is 0.137 e. The molecule has 0 heterocycles. The third kappa shape index (κ3) is 3.53. The first-order valence-corrected chi connectivity index (χ1v) is 9.48. The van der Waals surface area contributed by atoms with Crippen molar-refractivity contribution in [1.82, 2.24) is 0 Å². The van der Waals surface area contributed by atoms with E-state index in [0.717, 1.165) is 59.2 Å². The molecule has 2 aliphatic carbocycles. The van der Waals surface area contributed by atoms with Crippen LogP contribution in [0.2, 0.25) is 0 Å². The lowest BCUT2D eigenvalue weighted by atomic mass is 9.76. The Morgan fingerprint density at radius 2 is 0.682 bits per heavy atom. The van der Waals surface area contributed by atoms with Crippen LogP contribution in [0.5, 0.6) is 0 Å². The first-order valence-electron chi connectivity index (χ1n) is 9.48. The third-order valence-electron chi connectivity index (χ3n) is 8.22. The Balaban J connectivity index is 0.000000745. The van der Waals surface area contributed by atoms with Gasteiger partial charge in [0, 0.05) is 0 Å². The summed E-state index contributed by atoms with van der Waals surface area (Å²) in [4.78, 5) is 0. The maximum Gasteiger partial charge on any atom is -0.0355 e. The summed E-state index contributed by atoms with van der Waals surface area (Å²) in [5.74, 6) is 9.32. The molecule has 0 amide bonds. The number of rotatable bonds is 2. The molecule has 8 unspecified atom stereocenters. The Bertz CT molecular complexity index is 317. The van der Waals surface area contributed by atoms with Gasteiger partial charge in [0.05, 0.1) is 0 Å². The molecule has 0 aromatic rings. The highest BCUT2D eigenvalue weighted by molar-refractivity contribution is 4.95. The van der Waals surface area contributed by atoms with E-state index in [4.69, 9.17) is 0 Å². The van der Waals surface area contributed by atoms with Crippen LogP contribution in [0.25, 0.3) is 0 Å². The molecule has 128 valence electrons. The highest BCUT2D eigenvalue weighted by atomic mass is 14.5. The van der Waals surface area contributed by atoms with Crippen LogP contribution in [-0.4, -0.2) is 0 Å². The molecule has 0 N–H and O–H groups in total. The average Bonchev–Trinajstić information content (AvgIpc) is 2.77. The van der Waals surface area contributed by atoms with E-state index in [1.165, 1.54) is 6.42 Å². The number of hydrogen-bond donors (Lipinski definition) is 0. The van der Waals surface area contributed by atoms with Gasteiger partial charge < -0.3 is 0 Å². The molecule has 2 rings (SSSR count). The van der Waals surface area contributed by atoms with Gasteiger partial charge in [-0.3, -0.25) is 0 Å². The summed E-state index contributed by atoms with van der Waals surface area (Å²) in [6.07, 6.45) is 1.49. The topological polar surface area (TPSA) is 0 Å². The van der Waals surface area contributed by atoms with Gasteiger partial charge in [0.1, 0.15) is 0 Å². The summed E-state index contributed by atoms with van der Waals surface area (Å²) in [6, 6.07) is 0. The first kappa shape index (κ1) is 19.6. The minimum atomic E-state index is 0.918. The third-order valence-corrected chi connectivity index (χ3v) is 8.22. The van der Waals surface area contributed by atoms with Gasteiger partial charge >= 0.3 is 0 Å². The zero-order chi connectivity index (χ0) is 17.2. The van der Waals surface area contributed by atoms with Crippen molar-refractivity contribution in [3.8, 4) is 0 Å². The molecule has 0 nitrogen and oxygen atoms in total. The molecular formula is C22H40. The van der Waals surface area contributed by atoms with Crippen molar-refractivity contribution < 1.29 is 0 Å². The van der Waals surface area contributed by atoms with Crippen LogP contribution in [0.1, 0.15) is 61.8 Å². The molecular weight excluding hydrogens is 264 g/mol. The van der Waals surface area contributed by atoms with Crippen LogP contribution >= 0.6 is 0 Å². The fourth-order valence-electron chi connectivity index (χ4n) is 5.61. The lowest BCUT2D eigenvalue weighted by Gasteiger charge is -2.30. The summed E-state index contributed by atoms with van der Waals surface area (Å²) in [5.41, 5.74) is 2.25. The summed E-state index contributed by atoms with van der Waals surface area (Å²) in [6.45, 7) is 26.3. The first-order chi connectivity index (χ1) is 10.2. The predicted octanol–water partition coefficient (Wildman–Crippen LogP) is 6.68. The van der Waals surface area contributed by atoms with E-state index >= 15 is 0 Å². The second-order valence-corrected chi connectivity index (χ2v) is 8.69. The molecule has 0 radical (unpaired) electrons. The maximum atomic E-state index is 3.12. The van der Waals surface area contributed by atoms with Gasteiger partial charge in [-0.05, 0) is 65.6 Å². The molecule has 2 aliphatic rings. The average molecular weight is 305 g/mol. The van der Waals surface area contributed by atoms with Gasteiger partial charge in [-0.25, -0.2) is 0 Å². The molecule has 0 bridgehead atoms. The van der Waals surface area contributed by atoms with Crippen molar-refractivity contribution >= 4 is 0 Å². The van der Waals surface area contributed by atoms with Crippen LogP contribution in [-0.2, 0) is 0 Å². The zero-order valence-corrected chi connectivity index (χ0v) is 16.4. The van der Waals surface area contributed by atoms with Crippen molar-refractivity contribution in [2.24, 2.45) is 59.2 Å². The quantitative estimate of drug-likeness (QED) is 0.499. The van der Waals surface area contributed by atoms with E-state index < -0.39 is 0 Å². The van der Waals surface area contributed by atoms with Crippen LogP contribution in [0.3, 0.4) is 0 Å². The Labute approximate surface area is 140 Å². The van der Waals surface area contributed by atoms with E-state index in [-0.39, 0.29) is 0 Å². The summed E-state index contributed by atoms with van der Waals surface area (Å²) in [5, 5.41) is 0. The van der Waals surface area contributed by atoms with Gasteiger partial charge in [0.2, 0.25) is 0 Å². The van der Waals surface area contributed by atoms with Gasteiger partial charge in [-0.2, -0.15) is 0 Å². The van der Waals surface area contributed by atoms with Gasteiger partial charge in [-0.1, -0.05) is 68.5 Å². The Hall–Kier alpha value is -0.480. The smallest absolute Gasteiger partial charge is 0.0355 e. The molecule has 0 saturated heterocycles. The molecule has 2 saturated carbocycles. The SMILES string of the molecule is C=C=C.CC1C(C)C(C)C(CC2C(C)C(C)C(C)C2C)C1C. The Morgan fingerprint density at radius 3 is 0.864 bits per heavy atom. The molecule has 8 atom stereocenters. The highest BCUT2D eigenvalue weighted by Crippen LogP contribution is 2.53. The van der Waals surface area contributed by atoms with Crippen molar-refractivity contribution in [2.75, 3.05) is 0 Å². The van der Waals surface area contributed by atoms with Gasteiger partial charge in [0.15, 0.2) is 0 Å². The van der Waals surface area contributed by atoms with Crippen LogP contribution in [0.15, 0.2) is 18.9 Å². The van der Waals surface area contributed by atoms with Gasteiger partial charge in [-0.15, -0.1) is 5.73 Å². The maximum absolute atomic E-state index is 3.12. The molecule has 0 aromatic carbocycles. The molecule has 2 fully saturated rings. The van der Waals surface area contributed by atoms with E-state index in [1.54, 1.807) is 0 Å². The molecule has 0 heteroatoms. The lowest BCUT2D eigenvalue weighted by Crippen LogP contribution is -2.22. The molecule has 0 aliphatic heterocycles. The standard InChI is InChI=1S/C19H36.C3H4/c1-10-11(2)15(6)18(14(10)5)9-19-16(7)12(3)13(4)17(19)8;1-3-2/h10-19H,9H2,1-8H3;1-2H2. The van der Waals surface area contributed by atoms with Crippen molar-refractivity contribution in [3.05, 3.63) is 18.9 Å². The van der Waals surface area contributed by atoms with Crippen molar-refractivity contribution in [1.29, 1.82) is 0 Å². The Kier molecular flexibility index (Phi) is 7.00. The predicted molar refractivity (Wildman–Crippen MR) is 99.7 cm³/mol. The Morgan fingerprint density at radius 1 is 0.500 bits per heavy atom. The van der Waals surface area contributed by atoms with Gasteiger partial charge in [0.25, 0.3) is 0 Å². The van der Waals surface area contributed by atoms with E-state index in [9.17, 15) is 0 Å². The fourth-order valence-corrected chi connectivity index (χ4v) is 5.61. The van der Waals surface area contributed by atoms with Crippen molar-refractivity contribution in [3.63, 3.8) is 0 Å². The van der Waals surface area contributed by atoms with Crippen molar-refractivity contribution in [2.45, 2.75) is 61.8 Å². The minimum Gasteiger partial charge on any atom is -0.137 e. The van der Waals surface area contributed by atoms with E-state index in [2.05, 4.69) is 74.3 Å². The summed E-state index contributed by atoms with van der Waals surface area (Å²) in [7, 11) is 0. The summed E-state index contributed by atoms with van der Waals surface area (Å²) < 4.78 is 0. The minimum absolute atomic E-state index is 0.918. The molecule has 0 aromatic heterocycles. The normalized spacial score (nSPS) is 51.1. The number of hydrogen-bond acceptors (Lipinski definition) is 0. The lowest BCUT2D eigenvalue weighted by molar-refractivity contribution is 0.193. The molecule has 22 heavy (non-hydrogen) atoms. The second-order valence-electron chi connectivity index (χ2n) is 8.69. The second kappa shape index (κ2) is 7.87. The monoisotopic (exact) mass is 304 g/mol. The summed E-state index contributed by atoms with van der Waals surface area (Å²) >= 11 is 0. The van der Waals surface area contributed by atoms with Crippen LogP contribution in [0, 0.1) is 59.2 Å². The van der Waals surface area contributed by atoms with Crippen LogP contribution in [0.4, 0.5) is 0 Å². The fraction of sp³-hybridized carbons (Fsp3) is 0.864. The van der Waals surface area contributed by atoms with E-state index in [0.29, 0.717) is 0 Å². The highest BCUT2D eigenvalue weighted by Gasteiger charge is 2.47.